The Kier molecular flexibility index (Phi) is 10.1. The molecule has 0 spiro atoms. The van der Waals surface area contributed by atoms with Gasteiger partial charge in [0.1, 0.15) is 18.5 Å². The number of benzene rings is 2. The van der Waals surface area contributed by atoms with E-state index in [1.54, 1.807) is 24.3 Å². The van der Waals surface area contributed by atoms with Crippen LogP contribution in [0.4, 0.5) is 35.5 Å². The Bertz CT molecular complexity index is 2050. The number of ether oxygens (including phenoxy) is 1. The van der Waals surface area contributed by atoms with Crippen molar-refractivity contribution in [3.8, 4) is 16.8 Å². The average Bonchev–Trinajstić information content (AvgIpc) is 3.40. The number of hydrogen-bond donors (Lipinski definition) is 3. The van der Waals surface area contributed by atoms with Crippen LogP contribution in [-0.2, 0) is 15.1 Å². The lowest BCUT2D eigenvalue weighted by Crippen LogP contribution is -2.47. The fourth-order valence-electron chi connectivity index (χ4n) is 6.54. The molecular weight excluding hydrogens is 751 g/mol. The highest BCUT2D eigenvalue weighted by molar-refractivity contribution is 6.32. The topological polar surface area (TPSA) is 143 Å². The maximum absolute atomic E-state index is 14.9. The van der Waals surface area contributed by atoms with Crippen LogP contribution in [0.2, 0.25) is 5.02 Å². The minimum Gasteiger partial charge on any atom is -0.447 e. The maximum atomic E-state index is 14.9. The van der Waals surface area contributed by atoms with Crippen molar-refractivity contribution in [1.29, 1.82) is 5.41 Å². The molecule has 1 saturated heterocycles. The van der Waals surface area contributed by atoms with E-state index in [4.69, 9.17) is 21.7 Å². The molecule has 4 aromatic rings. The number of hydrogen-bond acceptors (Lipinski definition) is 7. The quantitative estimate of drug-likeness (QED) is 0.134. The summed E-state index contributed by atoms with van der Waals surface area (Å²) in [5.74, 6) is -3.61. The lowest BCUT2D eigenvalue weighted by Gasteiger charge is -2.35. The molecule has 1 aliphatic heterocycles. The molecule has 6 rings (SSSR count). The molecule has 3 heterocycles. The molecule has 2 aromatic carbocycles. The van der Waals surface area contributed by atoms with Crippen molar-refractivity contribution in [2.24, 2.45) is 11.3 Å². The molecule has 288 valence electrons. The Morgan fingerprint density at radius 1 is 1.09 bits per heavy atom. The normalized spacial score (nSPS) is 20.8. The first-order valence-electron chi connectivity index (χ1n) is 16.4. The molecule has 0 bridgehead atoms. The summed E-state index contributed by atoms with van der Waals surface area (Å²) in [6.07, 6.45) is -5.70. The summed E-state index contributed by atoms with van der Waals surface area (Å²) < 4.78 is 100. The minimum absolute atomic E-state index is 0.0438. The van der Waals surface area contributed by atoms with Crippen molar-refractivity contribution >= 4 is 29.6 Å². The van der Waals surface area contributed by atoms with Gasteiger partial charge in [0.2, 0.25) is 0 Å². The van der Waals surface area contributed by atoms with Gasteiger partial charge in [-0.3, -0.25) is 15.1 Å². The summed E-state index contributed by atoms with van der Waals surface area (Å²) in [5.41, 5.74) is -0.830. The van der Waals surface area contributed by atoms with Crippen LogP contribution >= 0.6 is 11.6 Å². The van der Waals surface area contributed by atoms with Crippen LogP contribution < -0.4 is 10.6 Å². The van der Waals surface area contributed by atoms with E-state index in [2.05, 4.69) is 25.8 Å². The third-order valence-electron chi connectivity index (χ3n) is 9.02. The third kappa shape index (κ3) is 7.72. The summed E-state index contributed by atoms with van der Waals surface area (Å²) in [7, 11) is 0. The fourth-order valence-corrected chi connectivity index (χ4v) is 6.74. The van der Waals surface area contributed by atoms with Gasteiger partial charge >= 0.3 is 18.8 Å². The molecular formula is C34H33ClF7N9O3. The van der Waals surface area contributed by atoms with Gasteiger partial charge in [0.15, 0.2) is 11.8 Å². The number of rotatable bonds is 11. The van der Waals surface area contributed by atoms with Gasteiger partial charge in [-0.1, -0.05) is 62.7 Å². The van der Waals surface area contributed by atoms with Crippen molar-refractivity contribution in [3.05, 3.63) is 83.2 Å². The molecule has 2 aromatic heterocycles. The molecule has 1 aliphatic carbocycles. The molecule has 12 nitrogen and oxygen atoms in total. The Balaban J connectivity index is 1.38. The standard InChI is InChI=1S/C34H33ClF7N9O3/c1-32(2,3)15-33(20-7-4-17(5-8-20)19-12-45-49(13-19)29(38)39)28(52)50(30(43)48-33)25(14-54-31(53)47-23-11-21(23)34(40,41)42)18-6-9-22(35)24(10-18)51-27(26(36)37)44-16-46-51/h4-10,12-13,16,21,23,25-26,29H,11,14-15H2,1-3H3,(H2,43,48)(H,47,53)/t21-,23-,25+,33+/m0/s1. The van der Waals surface area contributed by atoms with Gasteiger partial charge in [0, 0.05) is 17.8 Å². The molecule has 3 N–H and O–H groups in total. The van der Waals surface area contributed by atoms with Crippen LogP contribution in [-0.4, -0.2) is 66.2 Å². The van der Waals surface area contributed by atoms with E-state index in [9.17, 15) is 40.3 Å². The molecule has 2 aliphatic rings. The van der Waals surface area contributed by atoms with E-state index in [-0.39, 0.29) is 29.1 Å². The molecule has 4 atom stereocenters. The maximum Gasteiger partial charge on any atom is 0.407 e. The highest BCUT2D eigenvalue weighted by atomic mass is 35.5. The fraction of sp³-hybridized carbons (Fsp3) is 0.412. The lowest BCUT2D eigenvalue weighted by molar-refractivity contribution is -0.149. The van der Waals surface area contributed by atoms with E-state index >= 15 is 0 Å². The Morgan fingerprint density at radius 3 is 2.39 bits per heavy atom. The smallest absolute Gasteiger partial charge is 0.407 e. The van der Waals surface area contributed by atoms with E-state index < -0.39 is 78.5 Å². The van der Waals surface area contributed by atoms with Gasteiger partial charge in [-0.05, 0) is 47.1 Å². The number of aromatic nitrogens is 5. The van der Waals surface area contributed by atoms with Crippen LogP contribution in [0.1, 0.15) is 69.6 Å². The van der Waals surface area contributed by atoms with Crippen molar-refractivity contribution in [3.63, 3.8) is 0 Å². The van der Waals surface area contributed by atoms with Gasteiger partial charge in [0.25, 0.3) is 12.3 Å². The second kappa shape index (κ2) is 14.2. The molecule has 20 heteroatoms. The second-order valence-electron chi connectivity index (χ2n) is 14.1. The van der Waals surface area contributed by atoms with E-state index in [0.29, 0.717) is 21.4 Å². The largest absolute Gasteiger partial charge is 0.447 e. The van der Waals surface area contributed by atoms with Gasteiger partial charge in [-0.25, -0.2) is 27.9 Å². The summed E-state index contributed by atoms with van der Waals surface area (Å²) in [6.45, 7) is 2.06. The van der Waals surface area contributed by atoms with Crippen LogP contribution in [0.5, 0.6) is 0 Å². The predicted octanol–water partition coefficient (Wildman–Crippen LogP) is 7.53. The molecule has 2 fully saturated rings. The number of carbonyl (C=O) groups is 2. The van der Waals surface area contributed by atoms with E-state index in [0.717, 1.165) is 22.1 Å². The number of guanidine groups is 1. The SMILES string of the molecule is CC(C)(C)C[C@]1(c2ccc(-c3cnn(C(F)F)c3)cc2)NC(=N)N([C@H](COC(=O)N[C@H]2C[C@@H]2C(F)(F)F)c2ccc(Cl)c(-n3ncnc3C(F)F)c2)C1=O. The number of amides is 2. The highest BCUT2D eigenvalue weighted by Crippen LogP contribution is 2.45. The average molecular weight is 784 g/mol. The molecule has 0 unspecified atom stereocenters. The number of nitrogens with one attached hydrogen (secondary N) is 3. The zero-order chi connectivity index (χ0) is 39.3. The van der Waals surface area contributed by atoms with Crippen LogP contribution in [0.15, 0.2) is 61.2 Å². The lowest BCUT2D eigenvalue weighted by atomic mass is 9.75. The Morgan fingerprint density at radius 2 is 1.80 bits per heavy atom. The first-order chi connectivity index (χ1) is 25.3. The van der Waals surface area contributed by atoms with Gasteiger partial charge in [-0.2, -0.15) is 32.1 Å². The number of carbonyl (C=O) groups excluding carboxylic acids is 2. The Hall–Kier alpha value is -5.20. The monoisotopic (exact) mass is 783 g/mol. The number of halogens is 8. The van der Waals surface area contributed by atoms with Crippen molar-refractivity contribution in [2.45, 2.75) is 70.4 Å². The van der Waals surface area contributed by atoms with Crippen LogP contribution in [0, 0.1) is 16.7 Å². The molecule has 2 amide bonds. The minimum atomic E-state index is -4.52. The van der Waals surface area contributed by atoms with Crippen LogP contribution in [0.25, 0.3) is 16.8 Å². The number of nitrogens with zero attached hydrogens (tertiary/aromatic N) is 6. The number of alkyl halides is 7. The van der Waals surface area contributed by atoms with Crippen molar-refractivity contribution in [1.82, 2.24) is 40.1 Å². The summed E-state index contributed by atoms with van der Waals surface area (Å²) in [4.78, 5) is 32.2. The highest BCUT2D eigenvalue weighted by Gasteiger charge is 2.57. The molecule has 54 heavy (non-hydrogen) atoms. The summed E-state index contributed by atoms with van der Waals surface area (Å²) >= 11 is 6.40. The Labute approximate surface area is 308 Å². The van der Waals surface area contributed by atoms with E-state index in [1.807, 2.05) is 20.8 Å². The van der Waals surface area contributed by atoms with Gasteiger partial charge < -0.3 is 15.4 Å². The van der Waals surface area contributed by atoms with Crippen LogP contribution in [0.3, 0.4) is 0 Å². The van der Waals surface area contributed by atoms with Gasteiger partial charge in [0.05, 0.1) is 28.9 Å². The summed E-state index contributed by atoms with van der Waals surface area (Å²) in [5, 5.41) is 21.7. The zero-order valence-corrected chi connectivity index (χ0v) is 29.5. The molecule has 0 radical (unpaired) electrons. The molecule has 1 saturated carbocycles. The second-order valence-corrected chi connectivity index (χ2v) is 14.6. The third-order valence-corrected chi connectivity index (χ3v) is 9.33. The first-order valence-corrected chi connectivity index (χ1v) is 16.8. The number of alkyl carbamates (subject to hydrolysis) is 1. The summed E-state index contributed by atoms with van der Waals surface area (Å²) in [6, 6.07) is 7.89. The first kappa shape index (κ1) is 38.5. The van der Waals surface area contributed by atoms with Gasteiger partial charge in [-0.15, -0.1) is 0 Å². The van der Waals surface area contributed by atoms with E-state index in [1.165, 1.54) is 24.4 Å². The van der Waals surface area contributed by atoms with Crippen molar-refractivity contribution in [2.75, 3.05) is 6.61 Å². The predicted molar refractivity (Wildman–Crippen MR) is 179 cm³/mol. The zero-order valence-electron chi connectivity index (χ0n) is 28.7. The van der Waals surface area contributed by atoms with Crippen molar-refractivity contribution < 1.29 is 45.1 Å².